The van der Waals surface area contributed by atoms with Crippen molar-refractivity contribution in [3.63, 3.8) is 0 Å². The van der Waals surface area contributed by atoms with E-state index in [1.165, 1.54) is 25.3 Å². The summed E-state index contributed by atoms with van der Waals surface area (Å²) in [5, 5.41) is 2.57. The lowest BCUT2D eigenvalue weighted by Crippen LogP contribution is -2.20. The first-order valence-corrected chi connectivity index (χ1v) is 8.35. The zero-order chi connectivity index (χ0) is 20.0. The van der Waals surface area contributed by atoms with Gasteiger partial charge in [-0.1, -0.05) is 32.9 Å². The fourth-order valence-electron chi connectivity index (χ4n) is 2.34. The molecule has 0 saturated heterocycles. The van der Waals surface area contributed by atoms with Crippen LogP contribution < -0.4 is 19.5 Å². The number of alkyl halides is 2. The van der Waals surface area contributed by atoms with E-state index < -0.39 is 12.5 Å². The first-order valence-electron chi connectivity index (χ1n) is 8.35. The molecule has 0 aliphatic carbocycles. The third-order valence-electron chi connectivity index (χ3n) is 3.75. The molecule has 0 unspecified atom stereocenters. The zero-order valence-electron chi connectivity index (χ0n) is 15.7. The number of nitrogens with one attached hydrogen (secondary N) is 1. The molecule has 0 radical (unpaired) electrons. The highest BCUT2D eigenvalue weighted by molar-refractivity contribution is 5.92. The van der Waals surface area contributed by atoms with Crippen molar-refractivity contribution in [1.82, 2.24) is 0 Å². The van der Waals surface area contributed by atoms with Crippen LogP contribution in [0.2, 0.25) is 0 Å². The van der Waals surface area contributed by atoms with Crippen LogP contribution in [0.4, 0.5) is 14.5 Å². The van der Waals surface area contributed by atoms with Crippen LogP contribution in [-0.4, -0.2) is 26.2 Å². The average molecular weight is 379 g/mol. The van der Waals surface area contributed by atoms with Crippen molar-refractivity contribution in [1.29, 1.82) is 0 Å². The molecule has 0 spiro atoms. The van der Waals surface area contributed by atoms with Gasteiger partial charge < -0.3 is 19.5 Å². The van der Waals surface area contributed by atoms with Gasteiger partial charge in [-0.3, -0.25) is 4.79 Å². The topological polar surface area (TPSA) is 56.8 Å². The Morgan fingerprint density at radius 3 is 2.30 bits per heavy atom. The molecule has 2 aromatic rings. The van der Waals surface area contributed by atoms with Gasteiger partial charge in [-0.25, -0.2) is 0 Å². The van der Waals surface area contributed by atoms with Gasteiger partial charge in [0.25, 0.3) is 5.91 Å². The predicted octanol–water partition coefficient (Wildman–Crippen LogP) is 4.61. The van der Waals surface area contributed by atoms with Crippen LogP contribution in [0.25, 0.3) is 0 Å². The monoisotopic (exact) mass is 379 g/mol. The summed E-state index contributed by atoms with van der Waals surface area (Å²) in [4.78, 5) is 12.0. The van der Waals surface area contributed by atoms with Gasteiger partial charge in [-0.2, -0.15) is 8.78 Å². The Morgan fingerprint density at radius 2 is 1.74 bits per heavy atom. The number of hydrogen-bond donors (Lipinski definition) is 1. The Labute approximate surface area is 157 Å². The van der Waals surface area contributed by atoms with Crippen molar-refractivity contribution < 1.29 is 27.8 Å². The Balaban J connectivity index is 1.95. The molecule has 0 saturated carbocycles. The molecule has 0 aliphatic rings. The van der Waals surface area contributed by atoms with Gasteiger partial charge >= 0.3 is 6.61 Å². The van der Waals surface area contributed by atoms with Crippen molar-refractivity contribution in [2.75, 3.05) is 19.0 Å². The summed E-state index contributed by atoms with van der Waals surface area (Å²) in [6, 6.07) is 11.7. The number of carbonyl (C=O) groups is 1. The summed E-state index contributed by atoms with van der Waals surface area (Å²) < 4.78 is 39.7. The number of methoxy groups -OCH3 is 1. The Morgan fingerprint density at radius 1 is 1.07 bits per heavy atom. The van der Waals surface area contributed by atoms with E-state index in [9.17, 15) is 13.6 Å². The lowest BCUT2D eigenvalue weighted by atomic mass is 9.87. The van der Waals surface area contributed by atoms with Gasteiger partial charge in [0, 0.05) is 11.8 Å². The maximum Gasteiger partial charge on any atom is 0.387 e. The molecule has 7 heteroatoms. The second-order valence-corrected chi connectivity index (χ2v) is 6.86. The second kappa shape index (κ2) is 8.70. The van der Waals surface area contributed by atoms with Crippen LogP contribution in [0.3, 0.4) is 0 Å². The number of amides is 1. The molecule has 0 fully saturated rings. The van der Waals surface area contributed by atoms with Crippen LogP contribution >= 0.6 is 0 Å². The largest absolute Gasteiger partial charge is 0.493 e. The minimum absolute atomic E-state index is 0.0300. The van der Waals surface area contributed by atoms with Crippen molar-refractivity contribution in [3.05, 3.63) is 48.0 Å². The van der Waals surface area contributed by atoms with E-state index in [-0.39, 0.29) is 23.5 Å². The lowest BCUT2D eigenvalue weighted by Gasteiger charge is -2.19. The van der Waals surface area contributed by atoms with Crippen LogP contribution in [0.15, 0.2) is 42.5 Å². The van der Waals surface area contributed by atoms with Gasteiger partial charge in [0.1, 0.15) is 5.75 Å². The molecule has 0 bridgehead atoms. The maximum absolute atomic E-state index is 12.5. The lowest BCUT2D eigenvalue weighted by molar-refractivity contribution is -0.118. The van der Waals surface area contributed by atoms with Gasteiger partial charge in [0.05, 0.1) is 7.11 Å². The molecule has 0 aromatic heterocycles. The van der Waals surface area contributed by atoms with Gasteiger partial charge in [0.2, 0.25) is 0 Å². The number of anilines is 1. The minimum Gasteiger partial charge on any atom is -0.493 e. The Bertz CT molecular complexity index is 771. The molecule has 1 N–H and O–H groups in total. The molecular weight excluding hydrogens is 356 g/mol. The highest BCUT2D eigenvalue weighted by atomic mass is 19.3. The number of halogens is 2. The fourth-order valence-corrected chi connectivity index (χ4v) is 2.34. The highest BCUT2D eigenvalue weighted by Crippen LogP contribution is 2.31. The van der Waals surface area contributed by atoms with Crippen LogP contribution in [0.1, 0.15) is 26.3 Å². The number of benzene rings is 2. The summed E-state index contributed by atoms with van der Waals surface area (Å²) in [6.45, 7) is 3.11. The number of hydrogen-bond acceptors (Lipinski definition) is 4. The van der Waals surface area contributed by atoms with Crippen molar-refractivity contribution in [2.24, 2.45) is 0 Å². The Kier molecular flexibility index (Phi) is 6.60. The fraction of sp³-hybridized carbons (Fsp3) is 0.350. The van der Waals surface area contributed by atoms with Gasteiger partial charge in [-0.15, -0.1) is 0 Å². The van der Waals surface area contributed by atoms with E-state index in [1.807, 2.05) is 12.1 Å². The molecule has 2 aromatic carbocycles. The maximum atomic E-state index is 12.5. The summed E-state index contributed by atoms with van der Waals surface area (Å²) in [7, 11) is 1.34. The predicted molar refractivity (Wildman–Crippen MR) is 98.9 cm³/mol. The summed E-state index contributed by atoms with van der Waals surface area (Å²) in [5.41, 5.74) is 1.48. The molecule has 146 valence electrons. The normalized spacial score (nSPS) is 11.2. The third-order valence-corrected chi connectivity index (χ3v) is 3.75. The second-order valence-electron chi connectivity index (χ2n) is 6.86. The van der Waals surface area contributed by atoms with Gasteiger partial charge in [0.15, 0.2) is 18.1 Å². The summed E-state index contributed by atoms with van der Waals surface area (Å²) >= 11 is 0. The van der Waals surface area contributed by atoms with Crippen molar-refractivity contribution >= 4 is 11.6 Å². The highest BCUT2D eigenvalue weighted by Gasteiger charge is 2.14. The molecule has 5 nitrogen and oxygen atoms in total. The van der Waals surface area contributed by atoms with E-state index in [4.69, 9.17) is 9.47 Å². The zero-order valence-corrected chi connectivity index (χ0v) is 15.7. The smallest absolute Gasteiger partial charge is 0.387 e. The first-order chi connectivity index (χ1) is 12.7. The summed E-state index contributed by atoms with van der Waals surface area (Å²) in [6.07, 6.45) is 0. The van der Waals surface area contributed by atoms with Crippen LogP contribution in [-0.2, 0) is 10.2 Å². The SMILES string of the molecule is COc1ccc(NC(=O)COc2ccc(C(C)(C)C)cc2)cc1OC(F)F. The van der Waals surface area contributed by atoms with E-state index in [1.54, 1.807) is 12.1 Å². The van der Waals surface area contributed by atoms with Crippen molar-refractivity contribution in [3.8, 4) is 17.2 Å². The molecule has 0 heterocycles. The van der Waals surface area contributed by atoms with Crippen molar-refractivity contribution in [2.45, 2.75) is 32.8 Å². The quantitative estimate of drug-likeness (QED) is 0.763. The summed E-state index contributed by atoms with van der Waals surface area (Å²) in [5.74, 6) is 0.116. The van der Waals surface area contributed by atoms with Crippen LogP contribution in [0.5, 0.6) is 17.2 Å². The van der Waals surface area contributed by atoms with E-state index in [0.29, 0.717) is 11.4 Å². The van der Waals surface area contributed by atoms with E-state index in [0.717, 1.165) is 5.56 Å². The molecule has 0 aliphatic heterocycles. The first kappa shape index (κ1) is 20.5. The third kappa shape index (κ3) is 6.13. The standard InChI is InChI=1S/C20H23F2NO4/c1-20(2,3)13-5-8-15(9-6-13)26-12-18(24)23-14-7-10-16(25-4)17(11-14)27-19(21)22/h5-11,19H,12H2,1-4H3,(H,23,24). The molecule has 2 rings (SSSR count). The Hall–Kier alpha value is -2.83. The van der Waals surface area contributed by atoms with E-state index in [2.05, 4.69) is 30.8 Å². The van der Waals surface area contributed by atoms with Crippen LogP contribution in [0, 0.1) is 0 Å². The number of rotatable bonds is 7. The van der Waals surface area contributed by atoms with Gasteiger partial charge in [-0.05, 0) is 35.2 Å². The minimum atomic E-state index is -3.00. The molecular formula is C20H23F2NO4. The molecule has 1 amide bonds. The molecule has 27 heavy (non-hydrogen) atoms. The number of carbonyl (C=O) groups excluding carboxylic acids is 1. The van der Waals surface area contributed by atoms with E-state index >= 15 is 0 Å². The average Bonchev–Trinajstić information content (AvgIpc) is 2.59. The molecule has 0 atom stereocenters. The number of ether oxygens (including phenoxy) is 3.